The summed E-state index contributed by atoms with van der Waals surface area (Å²) < 4.78 is 0. The number of oxime groups is 1. The van der Waals surface area contributed by atoms with Gasteiger partial charge in [-0.2, -0.15) is 0 Å². The van der Waals surface area contributed by atoms with Crippen LogP contribution in [0.4, 0.5) is 0 Å². The van der Waals surface area contributed by atoms with Crippen LogP contribution in [0.2, 0.25) is 0 Å². The largest absolute Gasteiger partial charge is 0.409 e. The summed E-state index contributed by atoms with van der Waals surface area (Å²) >= 11 is 0. The first-order valence-corrected chi connectivity index (χ1v) is 6.96. The van der Waals surface area contributed by atoms with Gasteiger partial charge in [0.2, 0.25) is 0 Å². The second kappa shape index (κ2) is 7.97. The number of likely N-dealkylation sites (N-methyl/N-ethyl adjacent to an activating group) is 1. The van der Waals surface area contributed by atoms with Crippen LogP contribution in [0, 0.1) is 0 Å². The van der Waals surface area contributed by atoms with Crippen molar-refractivity contribution in [2.24, 2.45) is 10.9 Å². The second-order valence-corrected chi connectivity index (χ2v) is 5.85. The van der Waals surface area contributed by atoms with Crippen LogP contribution in [0.15, 0.2) is 35.5 Å². The van der Waals surface area contributed by atoms with Gasteiger partial charge in [0.25, 0.3) is 0 Å². The van der Waals surface area contributed by atoms with Crippen molar-refractivity contribution in [1.29, 1.82) is 0 Å². The quantitative estimate of drug-likeness (QED) is 0.241. The zero-order valence-corrected chi connectivity index (χ0v) is 13.0. The summed E-state index contributed by atoms with van der Waals surface area (Å²) in [6.07, 6.45) is 0. The Kier molecular flexibility index (Phi) is 6.61. The van der Waals surface area contributed by atoms with E-state index in [4.69, 9.17) is 10.9 Å². The zero-order valence-electron chi connectivity index (χ0n) is 13.0. The number of hydrogen-bond acceptors (Lipinski definition) is 5. The molecule has 118 valence electrons. The Balaban J connectivity index is 2.64. The summed E-state index contributed by atoms with van der Waals surface area (Å²) in [7, 11) is 3.83. The molecule has 1 aromatic rings. The number of hydrogen-bond donors (Lipinski definition) is 4. The van der Waals surface area contributed by atoms with Crippen LogP contribution >= 0.6 is 0 Å². The lowest BCUT2D eigenvalue weighted by Gasteiger charge is -2.28. The predicted molar refractivity (Wildman–Crippen MR) is 84.6 cm³/mol. The lowest BCUT2D eigenvalue weighted by Crippen LogP contribution is -2.47. The van der Waals surface area contributed by atoms with Crippen LogP contribution in [0.1, 0.15) is 18.4 Å². The highest BCUT2D eigenvalue weighted by Crippen LogP contribution is 2.15. The fraction of sp³-hybridized carbons (Fsp3) is 0.533. The predicted octanol–water partition coefficient (Wildman–Crippen LogP) is 0.419. The minimum Gasteiger partial charge on any atom is -0.409 e. The molecule has 0 saturated heterocycles. The van der Waals surface area contributed by atoms with E-state index < -0.39 is 5.60 Å². The third-order valence-corrected chi connectivity index (χ3v) is 3.19. The van der Waals surface area contributed by atoms with Gasteiger partial charge in [-0.25, -0.2) is 0 Å². The summed E-state index contributed by atoms with van der Waals surface area (Å²) in [5.74, 6) is -0.0766. The van der Waals surface area contributed by atoms with Gasteiger partial charge >= 0.3 is 0 Å². The number of nitrogens with zero attached hydrogens (tertiary/aromatic N) is 2. The van der Waals surface area contributed by atoms with Crippen molar-refractivity contribution in [3.8, 4) is 0 Å². The maximum absolute atomic E-state index is 10.2. The molecule has 2 atom stereocenters. The van der Waals surface area contributed by atoms with Crippen LogP contribution in [-0.4, -0.2) is 60.4 Å². The van der Waals surface area contributed by atoms with E-state index in [0.717, 1.165) is 5.56 Å². The lowest BCUT2D eigenvalue weighted by atomic mass is 9.97. The third-order valence-electron chi connectivity index (χ3n) is 3.19. The minimum absolute atomic E-state index is 0.154. The zero-order chi connectivity index (χ0) is 15.9. The highest BCUT2D eigenvalue weighted by molar-refractivity contribution is 5.87. The molecule has 21 heavy (non-hydrogen) atoms. The topological polar surface area (TPSA) is 94.1 Å². The molecule has 6 nitrogen and oxygen atoms in total. The molecule has 1 rings (SSSR count). The van der Waals surface area contributed by atoms with E-state index in [1.165, 1.54) is 0 Å². The van der Waals surface area contributed by atoms with Gasteiger partial charge in [-0.3, -0.25) is 0 Å². The first kappa shape index (κ1) is 17.4. The van der Waals surface area contributed by atoms with Gasteiger partial charge in [-0.1, -0.05) is 35.5 Å². The van der Waals surface area contributed by atoms with E-state index in [0.29, 0.717) is 19.6 Å². The monoisotopic (exact) mass is 294 g/mol. The van der Waals surface area contributed by atoms with Gasteiger partial charge in [-0.05, 0) is 26.6 Å². The number of aliphatic hydroxyl groups is 1. The van der Waals surface area contributed by atoms with Crippen LogP contribution in [0.5, 0.6) is 0 Å². The minimum atomic E-state index is -0.837. The maximum atomic E-state index is 10.2. The normalized spacial score (nSPS) is 16.7. The molecule has 5 N–H and O–H groups in total. The van der Waals surface area contributed by atoms with Crippen molar-refractivity contribution in [3.05, 3.63) is 35.9 Å². The SMILES string of the molecule is CN(C)CC(C)(O)CNCC(/C(N)=N/O)c1ccccc1. The number of nitrogens with two attached hydrogens (primary N) is 1. The molecule has 1 aromatic carbocycles. The fourth-order valence-electron chi connectivity index (χ4n) is 2.37. The average Bonchev–Trinajstić information content (AvgIpc) is 2.42. The fourth-order valence-corrected chi connectivity index (χ4v) is 2.37. The van der Waals surface area contributed by atoms with Gasteiger partial charge < -0.3 is 26.3 Å². The van der Waals surface area contributed by atoms with E-state index >= 15 is 0 Å². The molecule has 2 unspecified atom stereocenters. The Labute approximate surface area is 126 Å². The Morgan fingerprint density at radius 2 is 2.00 bits per heavy atom. The molecule has 0 aromatic heterocycles. The molecule has 0 aliphatic heterocycles. The molecule has 0 amide bonds. The first-order chi connectivity index (χ1) is 9.85. The molecule has 0 aliphatic carbocycles. The van der Waals surface area contributed by atoms with E-state index in [-0.39, 0.29) is 11.8 Å². The van der Waals surface area contributed by atoms with Gasteiger partial charge in [0.1, 0.15) is 5.84 Å². The maximum Gasteiger partial charge on any atom is 0.147 e. The Morgan fingerprint density at radius 3 is 2.52 bits per heavy atom. The van der Waals surface area contributed by atoms with Crippen molar-refractivity contribution >= 4 is 5.84 Å². The van der Waals surface area contributed by atoms with Gasteiger partial charge in [0.05, 0.1) is 11.5 Å². The molecule has 0 radical (unpaired) electrons. The molecular formula is C15H26N4O2. The Morgan fingerprint density at radius 1 is 1.38 bits per heavy atom. The second-order valence-electron chi connectivity index (χ2n) is 5.85. The van der Waals surface area contributed by atoms with E-state index in [2.05, 4.69) is 10.5 Å². The highest BCUT2D eigenvalue weighted by Gasteiger charge is 2.22. The summed E-state index contributed by atoms with van der Waals surface area (Å²) in [6.45, 7) is 3.25. The summed E-state index contributed by atoms with van der Waals surface area (Å²) in [5, 5.41) is 25.5. The van der Waals surface area contributed by atoms with E-state index in [9.17, 15) is 5.11 Å². The molecular weight excluding hydrogens is 268 g/mol. The van der Waals surface area contributed by atoms with Gasteiger partial charge in [0.15, 0.2) is 0 Å². The van der Waals surface area contributed by atoms with Crippen LogP contribution < -0.4 is 11.1 Å². The van der Waals surface area contributed by atoms with Crippen molar-refractivity contribution in [2.45, 2.75) is 18.4 Å². The molecule has 0 bridgehead atoms. The summed E-state index contributed by atoms with van der Waals surface area (Å²) in [4.78, 5) is 1.93. The molecule has 6 heteroatoms. The molecule has 0 spiro atoms. The molecule has 0 heterocycles. The number of amidine groups is 1. The standard InChI is InChI=1S/C15H26N4O2/c1-15(20,11-19(2)3)10-17-9-13(14(16)18-21)12-7-5-4-6-8-12/h4-8,13,17,20-21H,9-11H2,1-3H3,(H2,16,18). The Bertz CT molecular complexity index is 446. The molecule has 0 aliphatic rings. The van der Waals surface area contributed by atoms with E-state index in [1.54, 1.807) is 6.92 Å². The Hall–Kier alpha value is -1.63. The van der Waals surface area contributed by atoms with Crippen LogP contribution in [0.3, 0.4) is 0 Å². The number of rotatable bonds is 8. The average molecular weight is 294 g/mol. The van der Waals surface area contributed by atoms with Crippen molar-refractivity contribution in [3.63, 3.8) is 0 Å². The number of nitrogens with one attached hydrogen (secondary N) is 1. The van der Waals surface area contributed by atoms with Crippen molar-refractivity contribution in [1.82, 2.24) is 10.2 Å². The smallest absolute Gasteiger partial charge is 0.147 e. The third kappa shape index (κ3) is 6.12. The summed E-state index contributed by atoms with van der Waals surface area (Å²) in [6, 6.07) is 9.61. The van der Waals surface area contributed by atoms with Gasteiger partial charge in [0, 0.05) is 19.6 Å². The van der Waals surface area contributed by atoms with Crippen molar-refractivity contribution < 1.29 is 10.3 Å². The highest BCUT2D eigenvalue weighted by atomic mass is 16.4. The van der Waals surface area contributed by atoms with Gasteiger partial charge in [-0.15, -0.1) is 0 Å². The first-order valence-electron chi connectivity index (χ1n) is 6.96. The van der Waals surface area contributed by atoms with Crippen LogP contribution in [0.25, 0.3) is 0 Å². The van der Waals surface area contributed by atoms with E-state index in [1.807, 2.05) is 49.3 Å². The van der Waals surface area contributed by atoms with Crippen LogP contribution in [-0.2, 0) is 0 Å². The number of benzene rings is 1. The molecule has 0 fully saturated rings. The lowest BCUT2D eigenvalue weighted by molar-refractivity contribution is 0.0340. The summed E-state index contributed by atoms with van der Waals surface area (Å²) in [5.41, 5.74) is 5.90. The molecule has 0 saturated carbocycles. The van der Waals surface area contributed by atoms with Crippen molar-refractivity contribution in [2.75, 3.05) is 33.7 Å².